The molecule has 0 saturated carbocycles. The Labute approximate surface area is 270 Å². The van der Waals surface area contributed by atoms with Gasteiger partial charge in [-0.1, -0.05) is 165 Å². The van der Waals surface area contributed by atoms with Crippen LogP contribution in [0.15, 0.2) is 121 Å². The van der Waals surface area contributed by atoms with Gasteiger partial charge >= 0.3 is 0 Å². The van der Waals surface area contributed by atoms with Crippen LogP contribution in [0.2, 0.25) is 5.04 Å². The number of hydrogen-bond donors (Lipinski definition) is 1. The fraction of sp³-hybridized carbons (Fsp3) is 0.333. The van der Waals surface area contributed by atoms with Gasteiger partial charge in [0, 0.05) is 0 Å². The molecule has 7 heteroatoms. The lowest BCUT2D eigenvalue weighted by Crippen LogP contribution is -2.68. The molecule has 1 aliphatic rings. The van der Waals surface area contributed by atoms with Crippen LogP contribution in [-0.4, -0.2) is 48.6 Å². The predicted molar refractivity (Wildman–Crippen MR) is 182 cm³/mol. The first kappa shape index (κ1) is 32.0. The Hall–Kier alpha value is -2.37. The number of ether oxygens (including phenoxy) is 3. The molecule has 1 N–H and O–H groups in total. The van der Waals surface area contributed by atoms with Gasteiger partial charge in [-0.05, 0) is 26.5 Å². The maximum absolute atomic E-state index is 11.1. The van der Waals surface area contributed by atoms with Crippen LogP contribution < -0.4 is 10.4 Å². The molecule has 0 unspecified atom stereocenters. The van der Waals surface area contributed by atoms with E-state index >= 15 is 0 Å². The first-order valence-corrected chi connectivity index (χ1v) is 18.0. The van der Waals surface area contributed by atoms with E-state index in [-0.39, 0.29) is 15.6 Å². The van der Waals surface area contributed by atoms with Crippen molar-refractivity contribution < 1.29 is 23.7 Å². The van der Waals surface area contributed by atoms with Gasteiger partial charge in [-0.25, -0.2) is 0 Å². The molecule has 226 valence electrons. The Morgan fingerprint density at radius 1 is 0.674 bits per heavy atom. The standard InChI is InChI=1S/C36H41IO5Si/c1-36(2,3)43(29-20-12-6-13-21-29,30-22-14-7-15-23-30)41-26-31-33(39-24-27-16-8-4-9-17-27)34(32(37)35(38)42-31)40-25-28-18-10-5-11-19-28/h4-23,31-35,38H,24-26H2,1-3H3/t31-,32-,33-,34-,35-/m1/s1. The van der Waals surface area contributed by atoms with Crippen molar-refractivity contribution in [2.75, 3.05) is 6.61 Å². The summed E-state index contributed by atoms with van der Waals surface area (Å²) in [4.78, 5) is 0. The zero-order chi connectivity index (χ0) is 30.3. The summed E-state index contributed by atoms with van der Waals surface area (Å²) >= 11 is 2.23. The summed E-state index contributed by atoms with van der Waals surface area (Å²) in [6.45, 7) is 7.82. The smallest absolute Gasteiger partial charge is 0.261 e. The summed E-state index contributed by atoms with van der Waals surface area (Å²) in [5.41, 5.74) is 2.13. The zero-order valence-electron chi connectivity index (χ0n) is 25.0. The van der Waals surface area contributed by atoms with E-state index in [9.17, 15) is 5.11 Å². The lowest BCUT2D eigenvalue weighted by atomic mass is 10.0. The second-order valence-corrected chi connectivity index (χ2v) is 17.8. The SMILES string of the molecule is CC(C)(C)[Si](OC[C@H]1O[C@@H](O)[C@H](I)[C@@H](OCc2ccccc2)[C@@H]1OCc1ccccc1)(c1ccccc1)c1ccccc1. The maximum Gasteiger partial charge on any atom is 0.261 e. The van der Waals surface area contributed by atoms with Crippen molar-refractivity contribution in [3.05, 3.63) is 132 Å². The molecule has 5 rings (SSSR count). The molecular weight excluding hydrogens is 667 g/mol. The van der Waals surface area contributed by atoms with Crippen molar-refractivity contribution >= 4 is 41.3 Å². The lowest BCUT2D eigenvalue weighted by molar-refractivity contribution is -0.253. The van der Waals surface area contributed by atoms with Crippen molar-refractivity contribution in [2.24, 2.45) is 0 Å². The van der Waals surface area contributed by atoms with E-state index in [0.29, 0.717) is 13.2 Å². The van der Waals surface area contributed by atoms with Crippen LogP contribution in [0, 0.1) is 0 Å². The molecule has 5 atom stereocenters. The third-order valence-electron chi connectivity index (χ3n) is 8.04. The van der Waals surface area contributed by atoms with Gasteiger partial charge in [0.1, 0.15) is 18.3 Å². The predicted octanol–water partition coefficient (Wildman–Crippen LogP) is 6.25. The average molecular weight is 709 g/mol. The van der Waals surface area contributed by atoms with Crippen LogP contribution in [-0.2, 0) is 31.9 Å². The molecule has 0 aromatic heterocycles. The number of alkyl halides is 1. The molecule has 43 heavy (non-hydrogen) atoms. The van der Waals surface area contributed by atoms with Gasteiger partial charge in [0.15, 0.2) is 6.29 Å². The van der Waals surface area contributed by atoms with Crippen LogP contribution in [0.1, 0.15) is 31.9 Å². The molecule has 0 aliphatic carbocycles. The summed E-state index contributed by atoms with van der Waals surface area (Å²) in [6.07, 6.45) is -2.45. The first-order valence-electron chi connectivity index (χ1n) is 14.8. The fourth-order valence-electron chi connectivity index (χ4n) is 5.91. The van der Waals surface area contributed by atoms with Crippen LogP contribution in [0.5, 0.6) is 0 Å². The Morgan fingerprint density at radius 3 is 1.53 bits per heavy atom. The van der Waals surface area contributed by atoms with Gasteiger partial charge in [-0.15, -0.1) is 0 Å². The van der Waals surface area contributed by atoms with Gasteiger partial charge in [0.2, 0.25) is 0 Å². The highest BCUT2D eigenvalue weighted by molar-refractivity contribution is 14.1. The largest absolute Gasteiger partial charge is 0.405 e. The zero-order valence-corrected chi connectivity index (χ0v) is 28.2. The number of halogens is 1. The van der Waals surface area contributed by atoms with Gasteiger partial charge in [-0.2, -0.15) is 0 Å². The summed E-state index contributed by atoms with van der Waals surface area (Å²) in [6, 6.07) is 41.3. The molecule has 1 saturated heterocycles. The van der Waals surface area contributed by atoms with E-state index in [2.05, 4.69) is 91.9 Å². The highest BCUT2D eigenvalue weighted by Crippen LogP contribution is 2.38. The minimum atomic E-state index is -2.84. The molecule has 4 aromatic rings. The molecule has 4 aromatic carbocycles. The monoisotopic (exact) mass is 708 g/mol. The Kier molecular flexibility index (Phi) is 10.9. The van der Waals surface area contributed by atoms with E-state index in [1.165, 1.54) is 10.4 Å². The van der Waals surface area contributed by atoms with Crippen molar-refractivity contribution in [3.63, 3.8) is 0 Å². The van der Waals surface area contributed by atoms with E-state index in [0.717, 1.165) is 11.1 Å². The van der Waals surface area contributed by atoms with Crippen LogP contribution in [0.4, 0.5) is 0 Å². The molecule has 0 bridgehead atoms. The highest BCUT2D eigenvalue weighted by atomic mass is 127. The molecule has 5 nitrogen and oxygen atoms in total. The summed E-state index contributed by atoms with van der Waals surface area (Å²) < 4.78 is 26.4. The third kappa shape index (κ3) is 7.48. The van der Waals surface area contributed by atoms with Crippen molar-refractivity contribution in [3.8, 4) is 0 Å². The second kappa shape index (κ2) is 14.6. The van der Waals surface area contributed by atoms with Crippen molar-refractivity contribution in [1.82, 2.24) is 0 Å². The number of aliphatic hydroxyl groups excluding tert-OH is 1. The van der Waals surface area contributed by atoms with Gasteiger partial charge in [0.05, 0.1) is 23.7 Å². The molecule has 1 heterocycles. The average Bonchev–Trinajstić information content (AvgIpc) is 3.03. The molecule has 0 amide bonds. The van der Waals surface area contributed by atoms with Crippen molar-refractivity contribution in [1.29, 1.82) is 0 Å². The number of rotatable bonds is 11. The van der Waals surface area contributed by atoms with Crippen LogP contribution in [0.25, 0.3) is 0 Å². The Morgan fingerprint density at radius 2 is 1.09 bits per heavy atom. The van der Waals surface area contributed by atoms with Gasteiger partial charge in [0.25, 0.3) is 8.32 Å². The summed E-state index contributed by atoms with van der Waals surface area (Å²) in [5.74, 6) is 0. The summed E-state index contributed by atoms with van der Waals surface area (Å²) in [7, 11) is -2.84. The Bertz CT molecular complexity index is 1350. The van der Waals surface area contributed by atoms with Gasteiger partial charge in [-0.3, -0.25) is 0 Å². The highest BCUT2D eigenvalue weighted by Gasteiger charge is 2.52. The number of hydrogen-bond acceptors (Lipinski definition) is 5. The topological polar surface area (TPSA) is 57.2 Å². The fourth-order valence-corrected chi connectivity index (χ4v) is 11.3. The van der Waals surface area contributed by atoms with Crippen LogP contribution in [0.3, 0.4) is 0 Å². The molecular formula is C36H41IO5Si. The quantitative estimate of drug-likeness (QED) is 0.113. The maximum atomic E-state index is 11.1. The molecule has 0 spiro atoms. The van der Waals surface area contributed by atoms with Gasteiger partial charge < -0.3 is 23.7 Å². The van der Waals surface area contributed by atoms with Crippen molar-refractivity contribution in [2.45, 2.75) is 67.5 Å². The Balaban J connectivity index is 1.48. The summed E-state index contributed by atoms with van der Waals surface area (Å²) in [5, 5.41) is 13.3. The molecule has 0 radical (unpaired) electrons. The lowest BCUT2D eigenvalue weighted by Gasteiger charge is -2.46. The van der Waals surface area contributed by atoms with Crippen LogP contribution >= 0.6 is 22.6 Å². The molecule has 1 aliphatic heterocycles. The normalized spacial score (nSPS) is 22.8. The first-order chi connectivity index (χ1) is 20.8. The minimum absolute atomic E-state index is 0.196. The minimum Gasteiger partial charge on any atom is -0.405 e. The molecule has 1 fully saturated rings. The van der Waals surface area contributed by atoms with E-state index < -0.39 is 32.9 Å². The number of benzene rings is 4. The van der Waals surface area contributed by atoms with E-state index in [1.54, 1.807) is 0 Å². The van der Waals surface area contributed by atoms with E-state index in [1.807, 2.05) is 72.8 Å². The third-order valence-corrected chi connectivity index (χ3v) is 14.4. The second-order valence-electron chi connectivity index (χ2n) is 12.0. The number of aliphatic hydroxyl groups is 1. The van der Waals surface area contributed by atoms with E-state index in [4.69, 9.17) is 18.6 Å².